The first kappa shape index (κ1) is 12.5. The molecule has 0 aromatic carbocycles. The van der Waals surface area contributed by atoms with Crippen molar-refractivity contribution >= 4 is 11.9 Å². The number of nitrogens with one attached hydrogen (secondary N) is 2. The molecule has 1 unspecified atom stereocenters. The van der Waals surface area contributed by atoms with E-state index in [2.05, 4.69) is 15.8 Å². The van der Waals surface area contributed by atoms with Crippen LogP contribution >= 0.6 is 0 Å². The summed E-state index contributed by atoms with van der Waals surface area (Å²) < 4.78 is 0. The fourth-order valence-electron chi connectivity index (χ4n) is 0.997. The molecule has 0 aliphatic carbocycles. The van der Waals surface area contributed by atoms with Crippen molar-refractivity contribution in [2.45, 2.75) is 26.8 Å². The molecule has 0 saturated heterocycles. The molecule has 14 heavy (non-hydrogen) atoms. The van der Waals surface area contributed by atoms with Gasteiger partial charge in [-0.15, -0.1) is 0 Å². The molecule has 0 aromatic rings. The Hall–Kier alpha value is -1.46. The molecule has 0 spiro atoms. The first-order valence-electron chi connectivity index (χ1n) is 4.54. The van der Waals surface area contributed by atoms with Gasteiger partial charge in [-0.1, -0.05) is 19.0 Å². The number of nitrogens with zero attached hydrogens (tertiary/aromatic N) is 1. The lowest BCUT2D eigenvalue weighted by atomic mass is 10.0. The minimum absolute atomic E-state index is 0.00579. The second-order valence-electron chi connectivity index (χ2n) is 3.25. The van der Waals surface area contributed by atoms with Crippen LogP contribution in [-0.2, 0) is 0 Å². The van der Waals surface area contributed by atoms with E-state index < -0.39 is 6.04 Å². The number of hydrogen-bond acceptors (Lipinski definition) is 3. The van der Waals surface area contributed by atoms with Crippen LogP contribution in [0.15, 0.2) is 5.16 Å². The SMILES string of the molecule is CCNC(=O)NC(C(N)=NO)C(C)C. The topological polar surface area (TPSA) is 99.7 Å². The number of urea groups is 1. The van der Waals surface area contributed by atoms with E-state index in [1.54, 1.807) is 0 Å². The minimum atomic E-state index is -0.452. The summed E-state index contributed by atoms with van der Waals surface area (Å²) in [6, 6.07) is -0.774. The highest BCUT2D eigenvalue weighted by molar-refractivity contribution is 5.89. The Morgan fingerprint density at radius 2 is 2.14 bits per heavy atom. The first-order chi connectivity index (χ1) is 6.52. The third-order valence-corrected chi connectivity index (χ3v) is 1.72. The monoisotopic (exact) mass is 202 g/mol. The van der Waals surface area contributed by atoms with Gasteiger partial charge in [0.1, 0.15) is 0 Å². The number of oxime groups is 1. The summed E-state index contributed by atoms with van der Waals surface area (Å²) in [5.74, 6) is 0.0692. The lowest BCUT2D eigenvalue weighted by Gasteiger charge is -2.20. The van der Waals surface area contributed by atoms with Crippen LogP contribution < -0.4 is 16.4 Å². The van der Waals surface area contributed by atoms with E-state index in [4.69, 9.17) is 10.9 Å². The van der Waals surface area contributed by atoms with Gasteiger partial charge in [-0.3, -0.25) is 0 Å². The number of amidine groups is 1. The highest BCUT2D eigenvalue weighted by atomic mass is 16.4. The molecule has 0 radical (unpaired) electrons. The fourth-order valence-corrected chi connectivity index (χ4v) is 0.997. The van der Waals surface area contributed by atoms with Crippen molar-refractivity contribution in [2.75, 3.05) is 6.54 Å². The predicted molar refractivity (Wildman–Crippen MR) is 54.2 cm³/mol. The molecule has 0 heterocycles. The highest BCUT2D eigenvalue weighted by Crippen LogP contribution is 2.01. The molecule has 0 rings (SSSR count). The molecule has 6 heteroatoms. The molecule has 5 N–H and O–H groups in total. The van der Waals surface area contributed by atoms with Gasteiger partial charge in [0.2, 0.25) is 0 Å². The van der Waals surface area contributed by atoms with Crippen molar-refractivity contribution in [3.8, 4) is 0 Å². The van der Waals surface area contributed by atoms with Crippen LogP contribution in [0.25, 0.3) is 0 Å². The van der Waals surface area contributed by atoms with Gasteiger partial charge in [0, 0.05) is 6.54 Å². The Kier molecular flexibility index (Phi) is 5.43. The largest absolute Gasteiger partial charge is 0.409 e. The molecular weight excluding hydrogens is 184 g/mol. The van der Waals surface area contributed by atoms with Crippen molar-refractivity contribution in [1.82, 2.24) is 10.6 Å². The number of hydrogen-bond donors (Lipinski definition) is 4. The standard InChI is InChI=1S/C8H18N4O2/c1-4-10-8(13)11-6(5(2)3)7(9)12-14/h5-6,14H,4H2,1-3H3,(H2,9,12)(H2,10,11,13). The van der Waals surface area contributed by atoms with Crippen LogP contribution in [0.4, 0.5) is 4.79 Å². The van der Waals surface area contributed by atoms with E-state index in [0.717, 1.165) is 0 Å². The summed E-state index contributed by atoms with van der Waals surface area (Å²) in [4.78, 5) is 11.2. The zero-order chi connectivity index (χ0) is 11.1. The molecule has 6 nitrogen and oxygen atoms in total. The van der Waals surface area contributed by atoms with Crippen LogP contribution in [0, 0.1) is 5.92 Å². The van der Waals surface area contributed by atoms with Gasteiger partial charge >= 0.3 is 6.03 Å². The van der Waals surface area contributed by atoms with Crippen LogP contribution in [0.1, 0.15) is 20.8 Å². The van der Waals surface area contributed by atoms with Crippen LogP contribution in [0.2, 0.25) is 0 Å². The number of nitrogens with two attached hydrogens (primary N) is 1. The van der Waals surface area contributed by atoms with Gasteiger partial charge in [0.25, 0.3) is 0 Å². The second kappa shape index (κ2) is 6.06. The summed E-state index contributed by atoms with van der Waals surface area (Å²) in [6.07, 6.45) is 0. The third-order valence-electron chi connectivity index (χ3n) is 1.72. The van der Waals surface area contributed by atoms with Gasteiger partial charge < -0.3 is 21.6 Å². The Morgan fingerprint density at radius 3 is 2.50 bits per heavy atom. The first-order valence-corrected chi connectivity index (χ1v) is 4.54. The molecule has 0 saturated carbocycles. The van der Waals surface area contributed by atoms with E-state index in [0.29, 0.717) is 6.54 Å². The molecule has 0 aliphatic rings. The average Bonchev–Trinajstić information content (AvgIpc) is 2.13. The van der Waals surface area contributed by atoms with Crippen molar-refractivity contribution in [1.29, 1.82) is 0 Å². The Labute approximate surface area is 83.5 Å². The molecule has 2 amide bonds. The number of rotatable bonds is 4. The quantitative estimate of drug-likeness (QED) is 0.225. The fraction of sp³-hybridized carbons (Fsp3) is 0.750. The van der Waals surface area contributed by atoms with E-state index >= 15 is 0 Å². The molecule has 0 aliphatic heterocycles. The summed E-state index contributed by atoms with van der Waals surface area (Å²) in [5.41, 5.74) is 5.42. The second-order valence-corrected chi connectivity index (χ2v) is 3.25. The highest BCUT2D eigenvalue weighted by Gasteiger charge is 2.19. The van der Waals surface area contributed by atoms with Crippen molar-refractivity contribution in [2.24, 2.45) is 16.8 Å². The van der Waals surface area contributed by atoms with Gasteiger partial charge in [0.05, 0.1) is 6.04 Å². The van der Waals surface area contributed by atoms with E-state index in [1.807, 2.05) is 20.8 Å². The number of carbonyl (C=O) groups is 1. The smallest absolute Gasteiger partial charge is 0.315 e. The third kappa shape index (κ3) is 3.97. The summed E-state index contributed by atoms with van der Waals surface area (Å²) in [6.45, 7) is 6.09. The summed E-state index contributed by atoms with van der Waals surface area (Å²) in [5, 5.41) is 16.5. The van der Waals surface area contributed by atoms with Gasteiger partial charge in [0.15, 0.2) is 5.84 Å². The van der Waals surface area contributed by atoms with Crippen LogP contribution in [-0.4, -0.2) is 29.7 Å². The van der Waals surface area contributed by atoms with Gasteiger partial charge in [-0.2, -0.15) is 0 Å². The zero-order valence-corrected chi connectivity index (χ0v) is 8.74. The van der Waals surface area contributed by atoms with Crippen molar-refractivity contribution in [3.05, 3.63) is 0 Å². The van der Waals surface area contributed by atoms with E-state index in [9.17, 15) is 4.79 Å². The number of carbonyl (C=O) groups excluding carboxylic acids is 1. The molecule has 0 bridgehead atoms. The predicted octanol–water partition coefficient (Wildman–Crippen LogP) is 0.0765. The van der Waals surface area contributed by atoms with Crippen LogP contribution in [0.5, 0.6) is 0 Å². The summed E-state index contributed by atoms with van der Waals surface area (Å²) in [7, 11) is 0. The Bertz CT molecular complexity index is 215. The normalized spacial score (nSPS) is 13.9. The molecule has 1 atom stereocenters. The number of amides is 2. The Morgan fingerprint density at radius 1 is 1.57 bits per heavy atom. The lowest BCUT2D eigenvalue weighted by Crippen LogP contribution is -2.51. The molecule has 0 aromatic heterocycles. The van der Waals surface area contributed by atoms with Crippen molar-refractivity contribution < 1.29 is 10.0 Å². The lowest BCUT2D eigenvalue weighted by molar-refractivity contribution is 0.237. The Balaban J connectivity index is 4.31. The maximum atomic E-state index is 11.2. The van der Waals surface area contributed by atoms with E-state index in [1.165, 1.54) is 0 Å². The molecular formula is C8H18N4O2. The maximum absolute atomic E-state index is 11.2. The van der Waals surface area contributed by atoms with Gasteiger partial charge in [-0.05, 0) is 12.8 Å². The average molecular weight is 202 g/mol. The maximum Gasteiger partial charge on any atom is 0.315 e. The van der Waals surface area contributed by atoms with E-state index in [-0.39, 0.29) is 17.8 Å². The molecule has 82 valence electrons. The zero-order valence-electron chi connectivity index (χ0n) is 8.74. The molecule has 0 fully saturated rings. The van der Waals surface area contributed by atoms with Gasteiger partial charge in [-0.25, -0.2) is 4.79 Å². The minimum Gasteiger partial charge on any atom is -0.409 e. The summed E-state index contributed by atoms with van der Waals surface area (Å²) >= 11 is 0. The van der Waals surface area contributed by atoms with Crippen molar-refractivity contribution in [3.63, 3.8) is 0 Å². The van der Waals surface area contributed by atoms with Crippen LogP contribution in [0.3, 0.4) is 0 Å².